The fourth-order valence-electron chi connectivity index (χ4n) is 3.24. The van der Waals surface area contributed by atoms with Crippen LogP contribution in [-0.2, 0) is 10.0 Å². The molecule has 1 N–H and O–H groups in total. The van der Waals surface area contributed by atoms with Gasteiger partial charge in [0.15, 0.2) is 23.1 Å². The zero-order chi connectivity index (χ0) is 28.4. The van der Waals surface area contributed by atoms with E-state index in [1.54, 1.807) is 49.6 Å². The van der Waals surface area contributed by atoms with Crippen molar-refractivity contribution in [3.05, 3.63) is 55.1 Å². The number of anilines is 1. The van der Waals surface area contributed by atoms with Gasteiger partial charge in [-0.25, -0.2) is 33.3 Å². The first-order chi connectivity index (χ1) is 19.4. The molecule has 0 unspecified atom stereocenters. The quantitative estimate of drug-likeness (QED) is 0.168. The standard InChI is InChI=1S/C25H27N7O6S2/c1-4-14-40(33,34)32-21-20(38-19-9-6-5-8-18(19)35-2)24(31-23(30-21)22-26-10-7-11-27-22)36-12-13-37-25-28-15-17(39-3)16-29-25/h5-11,15-16H,4,12-14H2,1-3H3,(H,30,31,32). The van der Waals surface area contributed by atoms with Gasteiger partial charge in [0.1, 0.15) is 13.2 Å². The van der Waals surface area contributed by atoms with Gasteiger partial charge in [0.05, 0.1) is 12.9 Å². The second-order valence-electron chi connectivity index (χ2n) is 7.88. The molecule has 4 rings (SSSR count). The summed E-state index contributed by atoms with van der Waals surface area (Å²) < 4.78 is 51.1. The van der Waals surface area contributed by atoms with Gasteiger partial charge < -0.3 is 18.9 Å². The van der Waals surface area contributed by atoms with Crippen molar-refractivity contribution in [2.75, 3.05) is 37.1 Å². The normalized spacial score (nSPS) is 11.1. The molecule has 3 heterocycles. The van der Waals surface area contributed by atoms with Gasteiger partial charge in [0.25, 0.3) is 5.88 Å². The third-order valence-electron chi connectivity index (χ3n) is 5.00. The maximum atomic E-state index is 12.8. The SMILES string of the molecule is CCCS(=O)(=O)Nc1nc(-c2ncccn2)nc(OCCOc2ncc(SC)cn2)c1Oc1ccccc1OC. The highest BCUT2D eigenvalue weighted by atomic mass is 32.2. The molecule has 13 nitrogen and oxygen atoms in total. The molecule has 0 aliphatic heterocycles. The number of rotatable bonds is 14. The van der Waals surface area contributed by atoms with Gasteiger partial charge in [0.2, 0.25) is 21.6 Å². The molecule has 0 bridgehead atoms. The van der Waals surface area contributed by atoms with Gasteiger partial charge >= 0.3 is 6.01 Å². The summed E-state index contributed by atoms with van der Waals surface area (Å²) in [5.41, 5.74) is 0. The second-order valence-corrected chi connectivity index (χ2v) is 10.6. The monoisotopic (exact) mass is 585 g/mol. The Morgan fingerprint density at radius 2 is 1.60 bits per heavy atom. The summed E-state index contributed by atoms with van der Waals surface area (Å²) in [5, 5.41) is 0. The molecule has 3 aromatic heterocycles. The van der Waals surface area contributed by atoms with Crippen molar-refractivity contribution in [2.24, 2.45) is 0 Å². The highest BCUT2D eigenvalue weighted by molar-refractivity contribution is 7.98. The molecular formula is C25H27N7O6S2. The van der Waals surface area contributed by atoms with E-state index in [0.717, 1.165) is 4.90 Å². The number of thioether (sulfide) groups is 1. The molecule has 15 heteroatoms. The summed E-state index contributed by atoms with van der Waals surface area (Å²) in [6.45, 7) is 1.80. The van der Waals surface area contributed by atoms with Crippen molar-refractivity contribution in [2.45, 2.75) is 18.2 Å². The maximum absolute atomic E-state index is 12.8. The number of benzene rings is 1. The fraction of sp³-hybridized carbons (Fsp3) is 0.280. The van der Waals surface area contributed by atoms with Crippen LogP contribution in [-0.4, -0.2) is 70.7 Å². The number of aromatic nitrogens is 6. The van der Waals surface area contributed by atoms with Crippen molar-refractivity contribution >= 4 is 27.6 Å². The van der Waals surface area contributed by atoms with Crippen molar-refractivity contribution < 1.29 is 27.4 Å². The highest BCUT2D eigenvalue weighted by Gasteiger charge is 2.25. The van der Waals surface area contributed by atoms with E-state index in [1.165, 1.54) is 31.3 Å². The van der Waals surface area contributed by atoms with E-state index < -0.39 is 10.0 Å². The molecule has 0 spiro atoms. The van der Waals surface area contributed by atoms with E-state index in [-0.39, 0.29) is 59.8 Å². The van der Waals surface area contributed by atoms with E-state index in [4.69, 9.17) is 18.9 Å². The number of para-hydroxylation sites is 2. The number of ether oxygens (including phenoxy) is 4. The summed E-state index contributed by atoms with van der Waals surface area (Å²) in [6.07, 6.45) is 8.64. The third kappa shape index (κ3) is 7.66. The Balaban J connectivity index is 1.70. The van der Waals surface area contributed by atoms with Crippen LogP contribution in [0.1, 0.15) is 13.3 Å². The third-order valence-corrected chi connectivity index (χ3v) is 7.13. The Morgan fingerprint density at radius 3 is 2.27 bits per heavy atom. The smallest absolute Gasteiger partial charge is 0.316 e. The zero-order valence-electron chi connectivity index (χ0n) is 22.0. The summed E-state index contributed by atoms with van der Waals surface area (Å²) in [7, 11) is -2.30. The fourth-order valence-corrected chi connectivity index (χ4v) is 4.63. The lowest BCUT2D eigenvalue weighted by molar-refractivity contribution is 0.197. The second kappa shape index (κ2) is 13.7. The molecule has 0 saturated heterocycles. The number of hydrogen-bond donors (Lipinski definition) is 1. The molecule has 40 heavy (non-hydrogen) atoms. The van der Waals surface area contributed by atoms with Crippen LogP contribution in [0.2, 0.25) is 0 Å². The Morgan fingerprint density at radius 1 is 0.900 bits per heavy atom. The molecule has 1 aromatic carbocycles. The number of hydrogen-bond acceptors (Lipinski definition) is 13. The lowest BCUT2D eigenvalue weighted by Gasteiger charge is -2.18. The lowest BCUT2D eigenvalue weighted by atomic mass is 10.3. The Labute approximate surface area is 235 Å². The van der Waals surface area contributed by atoms with Gasteiger partial charge in [0, 0.05) is 29.7 Å². The first-order valence-electron chi connectivity index (χ1n) is 12.0. The summed E-state index contributed by atoms with van der Waals surface area (Å²) in [5.74, 6) is 0.437. The van der Waals surface area contributed by atoms with E-state index in [1.807, 2.05) is 6.26 Å². The summed E-state index contributed by atoms with van der Waals surface area (Å²) in [4.78, 5) is 26.4. The van der Waals surface area contributed by atoms with Crippen molar-refractivity contribution in [3.8, 4) is 40.8 Å². The number of methoxy groups -OCH3 is 1. The van der Waals surface area contributed by atoms with E-state index in [2.05, 4.69) is 34.6 Å². The molecule has 0 amide bonds. The van der Waals surface area contributed by atoms with Crippen LogP contribution in [0.5, 0.6) is 29.1 Å². The largest absolute Gasteiger partial charge is 0.493 e. The van der Waals surface area contributed by atoms with Crippen LogP contribution >= 0.6 is 11.8 Å². The van der Waals surface area contributed by atoms with Gasteiger partial charge in [-0.15, -0.1) is 11.8 Å². The van der Waals surface area contributed by atoms with Gasteiger partial charge in [-0.2, -0.15) is 4.98 Å². The molecule has 0 radical (unpaired) electrons. The number of nitrogens with one attached hydrogen (secondary N) is 1. The Kier molecular flexibility index (Phi) is 9.86. The lowest BCUT2D eigenvalue weighted by Crippen LogP contribution is -2.19. The Hall–Kier alpha value is -4.24. The van der Waals surface area contributed by atoms with Gasteiger partial charge in [-0.05, 0) is 30.9 Å². The number of sulfonamides is 1. The van der Waals surface area contributed by atoms with Crippen LogP contribution < -0.4 is 23.7 Å². The summed E-state index contributed by atoms with van der Waals surface area (Å²) >= 11 is 1.51. The van der Waals surface area contributed by atoms with Crippen LogP contribution in [0.15, 0.2) is 60.0 Å². The molecule has 0 aliphatic rings. The van der Waals surface area contributed by atoms with E-state index in [9.17, 15) is 8.42 Å². The maximum Gasteiger partial charge on any atom is 0.316 e. The van der Waals surface area contributed by atoms with E-state index >= 15 is 0 Å². The van der Waals surface area contributed by atoms with Gasteiger partial charge in [-0.1, -0.05) is 19.1 Å². The number of nitrogens with zero attached hydrogens (tertiary/aromatic N) is 6. The molecule has 0 aliphatic carbocycles. The van der Waals surface area contributed by atoms with Crippen molar-refractivity contribution in [1.82, 2.24) is 29.9 Å². The molecule has 0 fully saturated rings. The average Bonchev–Trinajstić information content (AvgIpc) is 2.97. The van der Waals surface area contributed by atoms with Crippen molar-refractivity contribution in [1.29, 1.82) is 0 Å². The zero-order valence-corrected chi connectivity index (χ0v) is 23.6. The highest BCUT2D eigenvalue weighted by Crippen LogP contribution is 2.41. The van der Waals surface area contributed by atoms with E-state index in [0.29, 0.717) is 12.2 Å². The first kappa shape index (κ1) is 28.8. The predicted molar refractivity (Wildman–Crippen MR) is 149 cm³/mol. The van der Waals surface area contributed by atoms with Gasteiger partial charge in [-0.3, -0.25) is 4.72 Å². The summed E-state index contributed by atoms with van der Waals surface area (Å²) in [6, 6.07) is 8.67. The topological polar surface area (TPSA) is 160 Å². The van der Waals surface area contributed by atoms with Crippen molar-refractivity contribution in [3.63, 3.8) is 0 Å². The average molecular weight is 586 g/mol. The molecular weight excluding hydrogens is 558 g/mol. The minimum atomic E-state index is -3.79. The van der Waals surface area contributed by atoms with Crippen LogP contribution in [0.4, 0.5) is 5.82 Å². The predicted octanol–water partition coefficient (Wildman–Crippen LogP) is 3.86. The molecule has 4 aromatic rings. The minimum absolute atomic E-state index is 0.0107. The molecule has 0 saturated carbocycles. The molecule has 210 valence electrons. The van der Waals surface area contributed by atoms with Crippen LogP contribution in [0, 0.1) is 0 Å². The first-order valence-corrected chi connectivity index (χ1v) is 14.9. The Bertz CT molecular complexity index is 1510. The molecule has 0 atom stereocenters. The minimum Gasteiger partial charge on any atom is -0.493 e. The van der Waals surface area contributed by atoms with Crippen LogP contribution in [0.25, 0.3) is 11.6 Å². The van der Waals surface area contributed by atoms with Crippen LogP contribution in [0.3, 0.4) is 0 Å².